The SMILES string of the molecule is CC(C)C(CBr)NCc1cccc(C(F)(F)F)c1. The summed E-state index contributed by atoms with van der Waals surface area (Å²) in [4.78, 5) is 0. The van der Waals surface area contributed by atoms with Gasteiger partial charge < -0.3 is 5.32 Å². The van der Waals surface area contributed by atoms with Gasteiger partial charge in [-0.3, -0.25) is 0 Å². The first-order valence-electron chi connectivity index (χ1n) is 5.80. The van der Waals surface area contributed by atoms with E-state index < -0.39 is 11.7 Å². The van der Waals surface area contributed by atoms with E-state index in [-0.39, 0.29) is 6.04 Å². The van der Waals surface area contributed by atoms with Crippen LogP contribution in [0.25, 0.3) is 0 Å². The van der Waals surface area contributed by atoms with Crippen LogP contribution in [0.1, 0.15) is 25.0 Å². The summed E-state index contributed by atoms with van der Waals surface area (Å²) >= 11 is 3.39. The van der Waals surface area contributed by atoms with Crippen molar-refractivity contribution in [2.24, 2.45) is 5.92 Å². The lowest BCUT2D eigenvalue weighted by atomic mass is 10.1. The molecule has 1 unspecified atom stereocenters. The number of halogens is 4. The lowest BCUT2D eigenvalue weighted by Crippen LogP contribution is -2.34. The fraction of sp³-hybridized carbons (Fsp3) is 0.538. The number of hydrogen-bond donors (Lipinski definition) is 1. The van der Waals surface area contributed by atoms with E-state index in [1.54, 1.807) is 6.07 Å². The monoisotopic (exact) mass is 323 g/mol. The highest BCUT2D eigenvalue weighted by Crippen LogP contribution is 2.29. The molecule has 1 rings (SSSR count). The molecule has 0 heterocycles. The van der Waals surface area contributed by atoms with E-state index >= 15 is 0 Å². The average Bonchev–Trinajstić information content (AvgIpc) is 2.28. The normalized spacial score (nSPS) is 13.9. The Morgan fingerprint density at radius 3 is 2.44 bits per heavy atom. The predicted molar refractivity (Wildman–Crippen MR) is 70.7 cm³/mol. The highest BCUT2D eigenvalue weighted by atomic mass is 79.9. The molecule has 1 nitrogen and oxygen atoms in total. The predicted octanol–water partition coefficient (Wildman–Crippen LogP) is 4.21. The smallest absolute Gasteiger partial charge is 0.309 e. The first-order valence-corrected chi connectivity index (χ1v) is 6.92. The molecule has 0 aliphatic rings. The van der Waals surface area contributed by atoms with Gasteiger partial charge in [0.15, 0.2) is 0 Å². The quantitative estimate of drug-likeness (QED) is 0.800. The van der Waals surface area contributed by atoms with Crippen molar-refractivity contribution in [3.05, 3.63) is 35.4 Å². The number of alkyl halides is 4. The highest BCUT2D eigenvalue weighted by Gasteiger charge is 2.30. The van der Waals surface area contributed by atoms with Crippen LogP contribution in [0, 0.1) is 5.92 Å². The molecule has 0 aliphatic carbocycles. The molecule has 0 bridgehead atoms. The summed E-state index contributed by atoms with van der Waals surface area (Å²) in [6.07, 6.45) is -4.27. The third kappa shape index (κ3) is 4.61. The van der Waals surface area contributed by atoms with Crippen LogP contribution in [0.5, 0.6) is 0 Å². The Balaban J connectivity index is 2.68. The fourth-order valence-electron chi connectivity index (χ4n) is 1.57. The van der Waals surface area contributed by atoms with Crippen LogP contribution in [0.4, 0.5) is 13.2 Å². The van der Waals surface area contributed by atoms with Crippen molar-refractivity contribution in [1.82, 2.24) is 5.32 Å². The van der Waals surface area contributed by atoms with E-state index in [0.29, 0.717) is 18.0 Å². The molecule has 0 amide bonds. The molecular weight excluding hydrogens is 307 g/mol. The number of nitrogens with one attached hydrogen (secondary N) is 1. The molecule has 0 aromatic heterocycles. The van der Waals surface area contributed by atoms with Crippen molar-refractivity contribution < 1.29 is 13.2 Å². The minimum atomic E-state index is -4.27. The van der Waals surface area contributed by atoms with Crippen molar-refractivity contribution in [2.75, 3.05) is 5.33 Å². The summed E-state index contributed by atoms with van der Waals surface area (Å²) in [5.41, 5.74) is 0.0539. The van der Waals surface area contributed by atoms with Gasteiger partial charge in [-0.05, 0) is 17.5 Å². The molecule has 18 heavy (non-hydrogen) atoms. The first kappa shape index (κ1) is 15.5. The zero-order valence-corrected chi connectivity index (χ0v) is 12.0. The summed E-state index contributed by atoms with van der Waals surface area (Å²) in [5.74, 6) is 0.426. The molecule has 5 heteroatoms. The van der Waals surface area contributed by atoms with Crippen LogP contribution in [-0.2, 0) is 12.7 Å². The van der Waals surface area contributed by atoms with Crippen LogP contribution < -0.4 is 5.32 Å². The summed E-state index contributed by atoms with van der Waals surface area (Å²) in [6, 6.07) is 5.68. The Morgan fingerprint density at radius 2 is 1.94 bits per heavy atom. The summed E-state index contributed by atoms with van der Waals surface area (Å²) in [7, 11) is 0. The summed E-state index contributed by atoms with van der Waals surface area (Å²) in [6.45, 7) is 4.59. The van der Waals surface area contributed by atoms with Gasteiger partial charge in [0.2, 0.25) is 0 Å². The maximum atomic E-state index is 12.5. The van der Waals surface area contributed by atoms with Crippen molar-refractivity contribution >= 4 is 15.9 Å². The molecular formula is C13H17BrF3N. The first-order chi connectivity index (χ1) is 8.34. The fourth-order valence-corrected chi connectivity index (χ4v) is 2.55. The van der Waals surface area contributed by atoms with Crippen molar-refractivity contribution in [3.8, 4) is 0 Å². The Morgan fingerprint density at radius 1 is 1.28 bits per heavy atom. The molecule has 1 aromatic carbocycles. The maximum absolute atomic E-state index is 12.5. The van der Waals surface area contributed by atoms with Crippen LogP contribution in [0.3, 0.4) is 0 Å². The average molecular weight is 324 g/mol. The minimum absolute atomic E-state index is 0.250. The molecule has 0 fully saturated rings. The molecule has 0 aliphatic heterocycles. The lowest BCUT2D eigenvalue weighted by molar-refractivity contribution is -0.137. The van der Waals surface area contributed by atoms with Crippen molar-refractivity contribution in [3.63, 3.8) is 0 Å². The molecule has 102 valence electrons. The van der Waals surface area contributed by atoms with Gasteiger partial charge in [0.05, 0.1) is 5.56 Å². The van der Waals surface area contributed by atoms with E-state index in [1.165, 1.54) is 12.1 Å². The van der Waals surface area contributed by atoms with Gasteiger partial charge in [-0.1, -0.05) is 48.0 Å². The Labute approximate surface area is 114 Å². The van der Waals surface area contributed by atoms with E-state index in [2.05, 4.69) is 35.1 Å². The van der Waals surface area contributed by atoms with E-state index in [1.807, 2.05) is 0 Å². The zero-order chi connectivity index (χ0) is 13.8. The largest absolute Gasteiger partial charge is 0.416 e. The van der Waals surface area contributed by atoms with Gasteiger partial charge in [-0.15, -0.1) is 0 Å². The molecule has 0 spiro atoms. The van der Waals surface area contributed by atoms with Crippen molar-refractivity contribution in [2.45, 2.75) is 32.6 Å². The second-order valence-electron chi connectivity index (χ2n) is 4.58. The second-order valence-corrected chi connectivity index (χ2v) is 5.23. The van der Waals surface area contributed by atoms with Gasteiger partial charge in [0, 0.05) is 17.9 Å². The standard InChI is InChI=1S/C13H17BrF3N/c1-9(2)12(7-14)18-8-10-4-3-5-11(6-10)13(15,16)17/h3-6,9,12,18H,7-8H2,1-2H3. The Hall–Kier alpha value is -0.550. The van der Waals surface area contributed by atoms with E-state index in [4.69, 9.17) is 0 Å². The molecule has 1 N–H and O–H groups in total. The van der Waals surface area contributed by atoms with Gasteiger partial charge in [0.25, 0.3) is 0 Å². The van der Waals surface area contributed by atoms with Crippen LogP contribution in [0.15, 0.2) is 24.3 Å². The van der Waals surface area contributed by atoms with E-state index in [9.17, 15) is 13.2 Å². The Bertz CT molecular complexity index is 377. The van der Waals surface area contributed by atoms with Crippen LogP contribution in [-0.4, -0.2) is 11.4 Å². The topological polar surface area (TPSA) is 12.0 Å². The molecule has 1 aromatic rings. The Kier molecular flexibility index (Phi) is 5.66. The number of hydrogen-bond acceptors (Lipinski definition) is 1. The van der Waals surface area contributed by atoms with Crippen molar-refractivity contribution in [1.29, 1.82) is 0 Å². The lowest BCUT2D eigenvalue weighted by Gasteiger charge is -2.20. The van der Waals surface area contributed by atoms with Gasteiger partial charge in [-0.25, -0.2) is 0 Å². The number of rotatable bonds is 5. The molecule has 0 radical (unpaired) electrons. The summed E-state index contributed by atoms with van der Waals surface area (Å²) < 4.78 is 37.6. The van der Waals surface area contributed by atoms with Gasteiger partial charge in [0.1, 0.15) is 0 Å². The third-order valence-electron chi connectivity index (χ3n) is 2.79. The minimum Gasteiger partial charge on any atom is -0.309 e. The third-order valence-corrected chi connectivity index (χ3v) is 3.49. The molecule has 0 saturated heterocycles. The number of benzene rings is 1. The van der Waals surface area contributed by atoms with Crippen LogP contribution >= 0.6 is 15.9 Å². The van der Waals surface area contributed by atoms with Gasteiger partial charge >= 0.3 is 6.18 Å². The maximum Gasteiger partial charge on any atom is 0.416 e. The summed E-state index contributed by atoms with van der Waals surface area (Å²) in [5, 5.41) is 4.03. The highest BCUT2D eigenvalue weighted by molar-refractivity contribution is 9.09. The van der Waals surface area contributed by atoms with Gasteiger partial charge in [-0.2, -0.15) is 13.2 Å². The molecule has 1 atom stereocenters. The second kappa shape index (κ2) is 6.57. The van der Waals surface area contributed by atoms with E-state index in [0.717, 1.165) is 11.4 Å². The molecule has 0 saturated carbocycles. The van der Waals surface area contributed by atoms with Crippen LogP contribution in [0.2, 0.25) is 0 Å². The zero-order valence-electron chi connectivity index (χ0n) is 10.4.